The monoisotopic (exact) mass is 966 g/mol. The number of rotatable bonds is 14. The molecule has 0 N–H and O–H groups in total. The molecule has 5 aliphatic rings. The van der Waals surface area contributed by atoms with Crippen molar-refractivity contribution >= 4 is 23.9 Å². The fraction of sp³-hybridized carbons (Fsp3) is 0.636. The number of esters is 4. The summed E-state index contributed by atoms with van der Waals surface area (Å²) in [5, 5.41) is 0. The van der Waals surface area contributed by atoms with E-state index in [0.29, 0.717) is 60.0 Å². The molecular weight excluding hydrogens is 908 g/mol. The first kappa shape index (κ1) is 47.4. The molecule has 2 aromatic carbocycles. The van der Waals surface area contributed by atoms with Crippen LogP contribution in [0, 0.1) is 11.8 Å². The van der Waals surface area contributed by atoms with Crippen LogP contribution < -0.4 is 62.4 Å². The minimum atomic E-state index is -0.468. The van der Waals surface area contributed by atoms with Crippen LogP contribution in [-0.4, -0.2) is 112 Å². The van der Waals surface area contributed by atoms with Crippen molar-refractivity contribution in [1.29, 1.82) is 0 Å². The lowest BCUT2D eigenvalue weighted by atomic mass is 9.73. The average molecular weight is 969 g/mol. The predicted octanol–water partition coefficient (Wildman–Crippen LogP) is -0.328. The minimum absolute atomic E-state index is 0. The second kappa shape index (κ2) is 19.2. The van der Waals surface area contributed by atoms with Crippen LogP contribution >= 0.6 is 0 Å². The topological polar surface area (TPSA) is 142 Å². The van der Waals surface area contributed by atoms with Gasteiger partial charge in [-0.15, -0.1) is 0 Å². The van der Waals surface area contributed by atoms with Crippen LogP contribution in [0.15, 0.2) is 24.3 Å². The van der Waals surface area contributed by atoms with E-state index in [4.69, 9.17) is 37.9 Å². The number of hydrogen-bond donors (Lipinski definition) is 0. The fourth-order valence-corrected chi connectivity index (χ4v) is 11.0. The summed E-state index contributed by atoms with van der Waals surface area (Å²) >= 11 is 0. The van der Waals surface area contributed by atoms with Gasteiger partial charge in [0.05, 0.1) is 78.5 Å². The first-order chi connectivity index (χ1) is 27.7. The van der Waals surface area contributed by atoms with Gasteiger partial charge in [0.15, 0.2) is 23.0 Å². The van der Waals surface area contributed by atoms with Crippen molar-refractivity contribution < 1.29 is 100 Å². The standard InChI is InChI=1S/C44H60N2O12.2BrH/c1-25(47)55-41-37(51-5)15-27(16-38(41)52-6)23-45(3)29-9-10-30(45)20-33(19-29)57-43(49)35-13-14-36(35)44(50)58-34-21-31-11-12-32(22-34)46(31,4)24-28-17-39(53-7)42(56-26(2)48)40(18-28)54-8;;/h15-18,29-36H,9-14,19-24H2,1-8H3;2*1H/q+2;;/p-2. The van der Waals surface area contributed by atoms with Gasteiger partial charge in [-0.25, -0.2) is 0 Å². The number of ether oxygens (including phenoxy) is 8. The Balaban J connectivity index is 0.00000341. The molecule has 0 aromatic heterocycles. The number of carbonyl (C=O) groups is 4. The summed E-state index contributed by atoms with van der Waals surface area (Å²) in [5.74, 6) is -0.0833. The molecule has 4 aliphatic heterocycles. The highest BCUT2D eigenvalue weighted by molar-refractivity contribution is 5.84. The summed E-state index contributed by atoms with van der Waals surface area (Å²) in [6, 6.07) is 8.85. The Morgan fingerprint density at radius 1 is 0.517 bits per heavy atom. The molecule has 5 fully saturated rings. The lowest BCUT2D eigenvalue weighted by Gasteiger charge is -2.47. The Hall–Kier alpha value is -3.60. The normalized spacial score (nSPS) is 30.9. The summed E-state index contributed by atoms with van der Waals surface area (Å²) in [6.07, 6.45) is 8.10. The van der Waals surface area contributed by atoms with Gasteiger partial charge in [-0.2, -0.15) is 0 Å². The predicted molar refractivity (Wildman–Crippen MR) is 210 cm³/mol. The molecule has 6 atom stereocenters. The number of halogens is 2. The van der Waals surface area contributed by atoms with E-state index >= 15 is 0 Å². The van der Waals surface area contributed by atoms with Gasteiger partial charge in [0.1, 0.15) is 25.3 Å². The molecule has 6 unspecified atom stereocenters. The molecule has 1 saturated carbocycles. The number of fused-ring (bicyclic) bond motifs is 4. The zero-order valence-corrected chi connectivity index (χ0v) is 39.1. The maximum Gasteiger partial charge on any atom is 0.310 e. The Morgan fingerprint density at radius 3 is 1.03 bits per heavy atom. The number of carbonyl (C=O) groups excluding carboxylic acids is 4. The molecule has 4 saturated heterocycles. The highest BCUT2D eigenvalue weighted by atomic mass is 79.9. The van der Waals surface area contributed by atoms with E-state index in [1.54, 1.807) is 28.4 Å². The van der Waals surface area contributed by atoms with Crippen LogP contribution in [0.3, 0.4) is 0 Å². The molecular formula is C44H60Br2N2O12. The second-order valence-electron chi connectivity index (χ2n) is 17.5. The van der Waals surface area contributed by atoms with Crippen LogP contribution in [0.4, 0.5) is 0 Å². The van der Waals surface area contributed by atoms with E-state index in [9.17, 15) is 19.2 Å². The highest BCUT2D eigenvalue weighted by Gasteiger charge is 2.55. The van der Waals surface area contributed by atoms with Gasteiger partial charge in [0, 0.05) is 76.3 Å². The van der Waals surface area contributed by atoms with Crippen molar-refractivity contribution in [1.82, 2.24) is 0 Å². The van der Waals surface area contributed by atoms with Gasteiger partial charge in [-0.1, -0.05) is 0 Å². The number of nitrogens with zero attached hydrogens (tertiary/aromatic N) is 2. The smallest absolute Gasteiger partial charge is 0.310 e. The first-order valence-corrected chi connectivity index (χ1v) is 20.7. The average Bonchev–Trinajstić information content (AvgIpc) is 3.38. The quantitative estimate of drug-likeness (QED) is 0.139. The van der Waals surface area contributed by atoms with Crippen molar-refractivity contribution in [2.45, 2.75) is 128 Å². The molecule has 14 nitrogen and oxygen atoms in total. The molecule has 4 bridgehead atoms. The third-order valence-electron chi connectivity index (χ3n) is 14.2. The van der Waals surface area contributed by atoms with E-state index in [1.165, 1.54) is 13.8 Å². The van der Waals surface area contributed by atoms with Crippen molar-refractivity contribution in [3.8, 4) is 34.5 Å². The fourth-order valence-electron chi connectivity index (χ4n) is 11.0. The zero-order valence-electron chi connectivity index (χ0n) is 36.0. The number of benzene rings is 2. The molecule has 2 aromatic rings. The van der Waals surface area contributed by atoms with Crippen LogP contribution in [-0.2, 0) is 41.7 Å². The van der Waals surface area contributed by atoms with Gasteiger partial charge < -0.3 is 80.8 Å². The SMILES string of the molecule is COc1cc(C[N+]2(C)C3CCC2CC(OC(=O)C2CCC2C(=O)OC2CC4CCC(C2)[N+]4(C)Cc2cc(OC)c(OC(C)=O)c(OC)c2)C3)cc(OC)c1OC(C)=O.[Br-].[Br-]. The van der Waals surface area contributed by atoms with E-state index in [0.717, 1.165) is 84.5 Å². The first-order valence-electron chi connectivity index (χ1n) is 20.7. The van der Waals surface area contributed by atoms with Crippen molar-refractivity contribution in [3.63, 3.8) is 0 Å². The molecule has 0 spiro atoms. The highest BCUT2D eigenvalue weighted by Crippen LogP contribution is 2.48. The Kier molecular flexibility index (Phi) is 15.2. The minimum Gasteiger partial charge on any atom is -1.00 e. The third kappa shape index (κ3) is 9.26. The molecule has 0 radical (unpaired) electrons. The van der Waals surface area contributed by atoms with Crippen molar-refractivity contribution in [2.75, 3.05) is 42.5 Å². The molecule has 1 aliphatic carbocycles. The summed E-state index contributed by atoms with van der Waals surface area (Å²) in [4.78, 5) is 50.7. The summed E-state index contributed by atoms with van der Waals surface area (Å²) in [6.45, 7) is 4.15. The largest absolute Gasteiger partial charge is 1.00 e. The molecule has 332 valence electrons. The van der Waals surface area contributed by atoms with Gasteiger partial charge in [0.2, 0.25) is 11.5 Å². The lowest BCUT2D eigenvalue weighted by molar-refractivity contribution is -0.961. The van der Waals surface area contributed by atoms with E-state index in [1.807, 2.05) is 24.3 Å². The number of piperidine rings is 2. The van der Waals surface area contributed by atoms with Crippen LogP contribution in [0.2, 0.25) is 0 Å². The van der Waals surface area contributed by atoms with E-state index in [-0.39, 0.29) is 69.6 Å². The lowest BCUT2D eigenvalue weighted by Crippen LogP contribution is -3.00. The number of methoxy groups -OCH3 is 4. The van der Waals surface area contributed by atoms with Gasteiger partial charge in [-0.3, -0.25) is 19.2 Å². The summed E-state index contributed by atoms with van der Waals surface area (Å²) in [5.41, 5.74) is 2.02. The summed E-state index contributed by atoms with van der Waals surface area (Å²) in [7, 11) is 10.7. The van der Waals surface area contributed by atoms with Crippen LogP contribution in [0.25, 0.3) is 0 Å². The third-order valence-corrected chi connectivity index (χ3v) is 14.2. The maximum absolute atomic E-state index is 13.6. The zero-order chi connectivity index (χ0) is 41.5. The van der Waals surface area contributed by atoms with E-state index in [2.05, 4.69) is 14.1 Å². The number of hydrogen-bond acceptors (Lipinski definition) is 12. The Morgan fingerprint density at radius 2 is 0.800 bits per heavy atom. The second-order valence-corrected chi connectivity index (χ2v) is 17.5. The molecule has 7 rings (SSSR count). The van der Waals surface area contributed by atoms with E-state index < -0.39 is 23.8 Å². The van der Waals surface area contributed by atoms with Crippen molar-refractivity contribution in [3.05, 3.63) is 35.4 Å². The van der Waals surface area contributed by atoms with Crippen molar-refractivity contribution in [2.24, 2.45) is 11.8 Å². The molecule has 4 heterocycles. The van der Waals surface area contributed by atoms with Gasteiger partial charge >= 0.3 is 23.9 Å². The number of quaternary nitrogens is 2. The Labute approximate surface area is 374 Å². The van der Waals surface area contributed by atoms with Crippen LogP contribution in [0.5, 0.6) is 34.5 Å². The summed E-state index contributed by atoms with van der Waals surface area (Å²) < 4.78 is 47.2. The van der Waals surface area contributed by atoms with Gasteiger partial charge in [-0.05, 0) is 37.1 Å². The van der Waals surface area contributed by atoms with Gasteiger partial charge in [0.25, 0.3) is 0 Å². The molecule has 0 amide bonds. The van der Waals surface area contributed by atoms with Crippen LogP contribution in [0.1, 0.15) is 89.2 Å². The Bertz CT molecular complexity index is 1710. The molecule has 60 heavy (non-hydrogen) atoms. The maximum atomic E-state index is 13.6. The molecule has 16 heteroatoms.